The Balaban J connectivity index is 0.00000242. The van der Waals surface area contributed by atoms with Crippen molar-refractivity contribution in [2.75, 3.05) is 20.1 Å². The van der Waals surface area contributed by atoms with E-state index in [9.17, 15) is 4.79 Å². The topological polar surface area (TPSA) is 85.2 Å². The van der Waals surface area contributed by atoms with Crippen molar-refractivity contribution in [3.05, 3.63) is 23.5 Å². The molecule has 0 aliphatic rings. The Morgan fingerprint density at radius 1 is 1.45 bits per heavy atom. The number of fused-ring (bicyclic) bond motifs is 1. The molecule has 7 heteroatoms. The summed E-state index contributed by atoms with van der Waals surface area (Å²) in [6.45, 7) is 7.17. The number of carbonyl (C=O) groups is 1. The van der Waals surface area contributed by atoms with E-state index in [1.54, 1.807) is 18.0 Å². The number of rotatable bonds is 5. The molecule has 0 aliphatic heterocycles. The number of carbonyl (C=O) groups excluding carboxylic acids is 1. The van der Waals surface area contributed by atoms with Gasteiger partial charge in [0, 0.05) is 19.8 Å². The zero-order valence-corrected chi connectivity index (χ0v) is 14.2. The Kier molecular flexibility index (Phi) is 5.91. The van der Waals surface area contributed by atoms with E-state index in [1.807, 2.05) is 20.8 Å². The van der Waals surface area contributed by atoms with Gasteiger partial charge in [0.25, 0.3) is 11.6 Å². The maximum absolute atomic E-state index is 12.5. The van der Waals surface area contributed by atoms with Crippen LogP contribution < -0.4 is 5.73 Å². The number of amides is 1. The molecule has 0 radical (unpaired) electrons. The van der Waals surface area contributed by atoms with Crippen LogP contribution in [0, 0.1) is 5.41 Å². The molecule has 2 heterocycles. The summed E-state index contributed by atoms with van der Waals surface area (Å²) in [5.74, 6) is -0.0748. The Hall–Kier alpha value is -1.66. The fourth-order valence-electron chi connectivity index (χ4n) is 2.25. The molecule has 0 fully saturated rings. The SMILES string of the molecule is CCc1noc2ncc(C(=O)N(C)CC(C)(C)CN)cc12.Cl. The van der Waals surface area contributed by atoms with Crippen LogP contribution in [0.2, 0.25) is 0 Å². The van der Waals surface area contributed by atoms with Gasteiger partial charge in [0.2, 0.25) is 0 Å². The number of nitrogens with two attached hydrogens (primary N) is 1. The normalized spacial score (nSPS) is 11.3. The van der Waals surface area contributed by atoms with Gasteiger partial charge in [-0.3, -0.25) is 4.79 Å². The van der Waals surface area contributed by atoms with Gasteiger partial charge in [-0.2, -0.15) is 0 Å². The van der Waals surface area contributed by atoms with Gasteiger partial charge < -0.3 is 15.2 Å². The van der Waals surface area contributed by atoms with Crippen LogP contribution in [0.25, 0.3) is 11.1 Å². The zero-order chi connectivity index (χ0) is 15.6. The number of pyridine rings is 1. The second-order valence-corrected chi connectivity index (χ2v) is 6.09. The smallest absolute Gasteiger partial charge is 0.257 e. The van der Waals surface area contributed by atoms with E-state index >= 15 is 0 Å². The van der Waals surface area contributed by atoms with Crippen LogP contribution in [0.4, 0.5) is 0 Å². The lowest BCUT2D eigenvalue weighted by Gasteiger charge is -2.29. The fraction of sp³-hybridized carbons (Fsp3) is 0.533. The van der Waals surface area contributed by atoms with E-state index in [2.05, 4.69) is 10.1 Å². The van der Waals surface area contributed by atoms with Crippen molar-refractivity contribution in [2.45, 2.75) is 27.2 Å². The van der Waals surface area contributed by atoms with E-state index < -0.39 is 0 Å². The van der Waals surface area contributed by atoms with E-state index in [1.165, 1.54) is 6.20 Å². The molecule has 2 aromatic heterocycles. The summed E-state index contributed by atoms with van der Waals surface area (Å²) >= 11 is 0. The highest BCUT2D eigenvalue weighted by molar-refractivity contribution is 5.96. The first-order valence-electron chi connectivity index (χ1n) is 7.08. The molecule has 6 nitrogen and oxygen atoms in total. The number of nitrogens with zero attached hydrogens (tertiary/aromatic N) is 3. The molecule has 2 N–H and O–H groups in total. The summed E-state index contributed by atoms with van der Waals surface area (Å²) in [6.07, 6.45) is 2.27. The predicted octanol–water partition coefficient (Wildman–Crippen LogP) is 2.26. The molecule has 1 amide bonds. The van der Waals surface area contributed by atoms with Gasteiger partial charge in [0.15, 0.2) is 0 Å². The minimum Gasteiger partial charge on any atom is -0.341 e. The summed E-state index contributed by atoms with van der Waals surface area (Å²) in [5.41, 5.74) is 7.42. The van der Waals surface area contributed by atoms with Crippen LogP contribution in [0.15, 0.2) is 16.8 Å². The lowest BCUT2D eigenvalue weighted by molar-refractivity contribution is 0.0740. The maximum atomic E-state index is 12.5. The van der Waals surface area contributed by atoms with Crippen molar-refractivity contribution in [3.63, 3.8) is 0 Å². The Morgan fingerprint density at radius 3 is 2.73 bits per heavy atom. The molecule has 2 rings (SSSR count). The van der Waals surface area contributed by atoms with Crippen LogP contribution in [0.3, 0.4) is 0 Å². The third-order valence-electron chi connectivity index (χ3n) is 3.55. The van der Waals surface area contributed by atoms with Gasteiger partial charge in [-0.05, 0) is 24.4 Å². The molecule has 0 bridgehead atoms. The predicted molar refractivity (Wildman–Crippen MR) is 88.2 cm³/mol. The summed E-state index contributed by atoms with van der Waals surface area (Å²) in [5, 5.41) is 4.75. The lowest BCUT2D eigenvalue weighted by atomic mass is 9.93. The van der Waals surface area contributed by atoms with Crippen molar-refractivity contribution in [3.8, 4) is 0 Å². The van der Waals surface area contributed by atoms with E-state index in [-0.39, 0.29) is 23.7 Å². The summed E-state index contributed by atoms with van der Waals surface area (Å²) in [6, 6.07) is 1.80. The van der Waals surface area contributed by atoms with Gasteiger partial charge in [-0.1, -0.05) is 25.9 Å². The Bertz CT molecular complexity index is 654. The monoisotopic (exact) mass is 326 g/mol. The minimum atomic E-state index is -0.117. The first-order valence-corrected chi connectivity index (χ1v) is 7.08. The zero-order valence-electron chi connectivity index (χ0n) is 13.4. The van der Waals surface area contributed by atoms with Crippen LogP contribution >= 0.6 is 12.4 Å². The molecular formula is C15H23ClN4O2. The van der Waals surface area contributed by atoms with Crippen molar-refractivity contribution < 1.29 is 9.32 Å². The molecule has 0 atom stereocenters. The Labute approximate surface area is 136 Å². The van der Waals surface area contributed by atoms with Gasteiger partial charge in [0.05, 0.1) is 16.6 Å². The van der Waals surface area contributed by atoms with Crippen molar-refractivity contribution in [2.24, 2.45) is 11.1 Å². The highest BCUT2D eigenvalue weighted by atomic mass is 35.5. The molecule has 0 aromatic carbocycles. The van der Waals surface area contributed by atoms with Crippen LogP contribution in [-0.4, -0.2) is 41.1 Å². The number of halogens is 1. The first kappa shape index (κ1) is 18.4. The summed E-state index contributed by atoms with van der Waals surface area (Å²) in [7, 11) is 1.78. The molecule has 0 saturated heterocycles. The quantitative estimate of drug-likeness (QED) is 0.911. The molecule has 0 unspecified atom stereocenters. The fourth-order valence-corrected chi connectivity index (χ4v) is 2.25. The average molecular weight is 327 g/mol. The van der Waals surface area contributed by atoms with Crippen molar-refractivity contribution in [1.29, 1.82) is 0 Å². The molecule has 0 spiro atoms. The van der Waals surface area contributed by atoms with Gasteiger partial charge in [-0.25, -0.2) is 4.98 Å². The summed E-state index contributed by atoms with van der Waals surface area (Å²) in [4.78, 5) is 18.3. The van der Waals surface area contributed by atoms with Crippen LogP contribution in [-0.2, 0) is 6.42 Å². The van der Waals surface area contributed by atoms with Gasteiger partial charge >= 0.3 is 0 Å². The maximum Gasteiger partial charge on any atom is 0.257 e. The van der Waals surface area contributed by atoms with E-state index in [0.717, 1.165) is 17.5 Å². The average Bonchev–Trinajstić information content (AvgIpc) is 2.88. The second-order valence-electron chi connectivity index (χ2n) is 6.09. The second kappa shape index (κ2) is 7.07. The largest absolute Gasteiger partial charge is 0.341 e. The molecular weight excluding hydrogens is 304 g/mol. The molecule has 122 valence electrons. The van der Waals surface area contributed by atoms with E-state index in [4.69, 9.17) is 10.3 Å². The van der Waals surface area contributed by atoms with E-state index in [0.29, 0.717) is 24.4 Å². The highest BCUT2D eigenvalue weighted by Gasteiger charge is 2.22. The van der Waals surface area contributed by atoms with Gasteiger partial charge in [-0.15, -0.1) is 12.4 Å². The molecule has 0 saturated carbocycles. The number of hydrogen-bond acceptors (Lipinski definition) is 5. The minimum absolute atomic E-state index is 0. The Morgan fingerprint density at radius 2 is 2.14 bits per heavy atom. The third kappa shape index (κ3) is 3.75. The lowest BCUT2D eigenvalue weighted by Crippen LogP contribution is -2.39. The molecule has 2 aromatic rings. The third-order valence-corrected chi connectivity index (χ3v) is 3.55. The molecule has 22 heavy (non-hydrogen) atoms. The van der Waals surface area contributed by atoms with Crippen LogP contribution in [0.1, 0.15) is 36.8 Å². The standard InChI is InChI=1S/C15H22N4O2.ClH/c1-5-12-11-6-10(7-17-13(11)21-18-12)14(20)19(4)9-15(2,3)8-16;/h6-7H,5,8-9,16H2,1-4H3;1H. The number of hydrogen-bond donors (Lipinski definition) is 1. The molecule has 0 aliphatic carbocycles. The summed E-state index contributed by atoms with van der Waals surface area (Å²) < 4.78 is 5.13. The van der Waals surface area contributed by atoms with Crippen LogP contribution in [0.5, 0.6) is 0 Å². The first-order chi connectivity index (χ1) is 9.88. The highest BCUT2D eigenvalue weighted by Crippen LogP contribution is 2.20. The van der Waals surface area contributed by atoms with Crippen molar-refractivity contribution >= 4 is 29.4 Å². The number of aromatic nitrogens is 2. The number of aryl methyl sites for hydroxylation is 1. The van der Waals surface area contributed by atoms with Gasteiger partial charge in [0.1, 0.15) is 0 Å². The van der Waals surface area contributed by atoms with Crippen molar-refractivity contribution in [1.82, 2.24) is 15.0 Å².